The molecule has 5 heteroatoms. The monoisotopic (exact) mass is 321 g/mol. The summed E-state index contributed by atoms with van der Waals surface area (Å²) in [6, 6.07) is 5.64. The first-order valence-corrected chi connectivity index (χ1v) is 7.89. The highest BCUT2D eigenvalue weighted by atomic mass is 35.5. The van der Waals surface area contributed by atoms with Crippen LogP contribution in [0.25, 0.3) is 0 Å². The summed E-state index contributed by atoms with van der Waals surface area (Å²) in [4.78, 5) is 9.18. The summed E-state index contributed by atoms with van der Waals surface area (Å²) in [5.74, 6) is 1.40. The fourth-order valence-corrected chi connectivity index (χ4v) is 3.06. The molecule has 1 aromatic carbocycles. The Hall–Kier alpha value is -1.16. The van der Waals surface area contributed by atoms with Gasteiger partial charge in [0.15, 0.2) is 0 Å². The van der Waals surface area contributed by atoms with E-state index in [0.29, 0.717) is 22.4 Å². The molecular formula is C16H17Cl2N3. The summed E-state index contributed by atoms with van der Waals surface area (Å²) >= 11 is 12.0. The molecule has 0 spiro atoms. The van der Waals surface area contributed by atoms with Gasteiger partial charge in [0.1, 0.15) is 5.82 Å². The van der Waals surface area contributed by atoms with Crippen molar-refractivity contribution in [1.29, 1.82) is 0 Å². The van der Waals surface area contributed by atoms with E-state index in [-0.39, 0.29) is 0 Å². The first kappa shape index (κ1) is 14.8. The van der Waals surface area contributed by atoms with Crippen molar-refractivity contribution in [3.8, 4) is 0 Å². The Morgan fingerprint density at radius 1 is 1.24 bits per heavy atom. The smallest absolute Gasteiger partial charge is 0.132 e. The molecule has 0 aliphatic heterocycles. The normalized spacial score (nSPS) is 17.6. The second-order valence-corrected chi connectivity index (χ2v) is 6.34. The number of aromatic nitrogens is 2. The van der Waals surface area contributed by atoms with Gasteiger partial charge in [-0.1, -0.05) is 29.3 Å². The van der Waals surface area contributed by atoms with Crippen LogP contribution in [-0.4, -0.2) is 16.5 Å². The van der Waals surface area contributed by atoms with Crippen molar-refractivity contribution in [2.45, 2.75) is 25.7 Å². The molecule has 3 rings (SSSR count). The van der Waals surface area contributed by atoms with Crippen LogP contribution in [0.1, 0.15) is 29.1 Å². The summed E-state index contributed by atoms with van der Waals surface area (Å²) in [7, 11) is 0. The van der Waals surface area contributed by atoms with E-state index >= 15 is 0 Å². The molecule has 0 saturated heterocycles. The second-order valence-electron chi connectivity index (χ2n) is 5.53. The minimum Gasteiger partial charge on any atom is -0.330 e. The topological polar surface area (TPSA) is 51.8 Å². The van der Waals surface area contributed by atoms with Gasteiger partial charge < -0.3 is 5.73 Å². The summed E-state index contributed by atoms with van der Waals surface area (Å²) in [5.41, 5.74) is 9.24. The van der Waals surface area contributed by atoms with Crippen LogP contribution >= 0.6 is 23.2 Å². The van der Waals surface area contributed by atoms with Crippen molar-refractivity contribution >= 4 is 23.2 Å². The van der Waals surface area contributed by atoms with Crippen LogP contribution in [-0.2, 0) is 19.3 Å². The Morgan fingerprint density at radius 2 is 2.10 bits per heavy atom. The third-order valence-electron chi connectivity index (χ3n) is 3.98. The highest BCUT2D eigenvalue weighted by Gasteiger charge is 2.19. The molecule has 110 valence electrons. The number of nitrogens with two attached hydrogens (primary N) is 1. The maximum Gasteiger partial charge on any atom is 0.132 e. The van der Waals surface area contributed by atoms with Gasteiger partial charge in [-0.05, 0) is 55.0 Å². The van der Waals surface area contributed by atoms with E-state index in [1.165, 1.54) is 11.3 Å². The highest BCUT2D eigenvalue weighted by Crippen LogP contribution is 2.25. The lowest BCUT2D eigenvalue weighted by Gasteiger charge is -2.22. The number of fused-ring (bicyclic) bond motifs is 1. The molecule has 1 aliphatic rings. The zero-order valence-electron chi connectivity index (χ0n) is 11.6. The first-order chi connectivity index (χ1) is 10.2. The van der Waals surface area contributed by atoms with Crippen molar-refractivity contribution < 1.29 is 0 Å². The molecule has 1 aromatic heterocycles. The number of nitrogens with zero attached hydrogens (tertiary/aromatic N) is 2. The van der Waals surface area contributed by atoms with E-state index in [4.69, 9.17) is 33.9 Å². The second kappa shape index (κ2) is 6.30. The fourth-order valence-electron chi connectivity index (χ4n) is 2.74. The molecule has 1 aliphatic carbocycles. The third-order valence-corrected chi connectivity index (χ3v) is 4.72. The molecule has 2 aromatic rings. The average molecular weight is 322 g/mol. The Balaban J connectivity index is 1.79. The van der Waals surface area contributed by atoms with Crippen LogP contribution in [0.3, 0.4) is 0 Å². The number of hydrogen-bond acceptors (Lipinski definition) is 3. The van der Waals surface area contributed by atoms with Crippen LogP contribution in [0, 0.1) is 5.92 Å². The van der Waals surface area contributed by atoms with E-state index in [9.17, 15) is 0 Å². The summed E-state index contributed by atoms with van der Waals surface area (Å²) in [6.45, 7) is 0.741. The molecule has 0 bridgehead atoms. The quantitative estimate of drug-likeness (QED) is 0.942. The molecule has 1 unspecified atom stereocenters. The van der Waals surface area contributed by atoms with Gasteiger partial charge in [-0.2, -0.15) is 0 Å². The van der Waals surface area contributed by atoms with Crippen molar-refractivity contribution in [2.24, 2.45) is 11.7 Å². The van der Waals surface area contributed by atoms with Gasteiger partial charge in [0.25, 0.3) is 0 Å². The van der Waals surface area contributed by atoms with Gasteiger partial charge in [0, 0.05) is 18.3 Å². The van der Waals surface area contributed by atoms with Gasteiger partial charge in [-0.15, -0.1) is 0 Å². The van der Waals surface area contributed by atoms with Crippen LogP contribution in [0.2, 0.25) is 10.0 Å². The Morgan fingerprint density at radius 3 is 2.86 bits per heavy atom. The minimum absolute atomic E-state index is 0.568. The van der Waals surface area contributed by atoms with E-state index in [2.05, 4.69) is 4.98 Å². The van der Waals surface area contributed by atoms with Gasteiger partial charge >= 0.3 is 0 Å². The number of benzene rings is 1. The molecule has 1 atom stereocenters. The lowest BCUT2D eigenvalue weighted by molar-refractivity contribution is 0.460. The summed E-state index contributed by atoms with van der Waals surface area (Å²) in [6.07, 6.45) is 5.74. The lowest BCUT2D eigenvalue weighted by Crippen LogP contribution is -2.23. The van der Waals surface area contributed by atoms with Crippen molar-refractivity contribution in [3.05, 3.63) is 57.1 Å². The van der Waals surface area contributed by atoms with Gasteiger partial charge in [-0.3, -0.25) is 0 Å². The number of aryl methyl sites for hydroxylation is 1. The standard InChI is InChI=1S/C16H17Cl2N3/c17-13-3-1-10(6-14(13)18)7-16-20-9-12-5-11(8-19)2-4-15(12)21-16/h1,3,6,9,11H,2,4-5,7-8,19H2. The molecule has 0 amide bonds. The largest absolute Gasteiger partial charge is 0.330 e. The Labute approximate surface area is 134 Å². The summed E-state index contributed by atoms with van der Waals surface area (Å²) < 4.78 is 0. The number of hydrogen-bond donors (Lipinski definition) is 1. The van der Waals surface area contributed by atoms with Crippen molar-refractivity contribution in [1.82, 2.24) is 9.97 Å². The minimum atomic E-state index is 0.568. The molecule has 1 heterocycles. The molecule has 0 radical (unpaired) electrons. The van der Waals surface area contributed by atoms with Crippen molar-refractivity contribution in [2.75, 3.05) is 6.54 Å². The maximum absolute atomic E-state index is 6.04. The average Bonchev–Trinajstić information content (AvgIpc) is 2.50. The van der Waals surface area contributed by atoms with E-state index in [1.807, 2.05) is 24.4 Å². The zero-order chi connectivity index (χ0) is 14.8. The lowest BCUT2D eigenvalue weighted by atomic mass is 9.87. The number of rotatable bonds is 3. The summed E-state index contributed by atoms with van der Waals surface area (Å²) in [5, 5.41) is 1.14. The van der Waals surface area contributed by atoms with Crippen LogP contribution < -0.4 is 5.73 Å². The van der Waals surface area contributed by atoms with E-state index < -0.39 is 0 Å². The van der Waals surface area contributed by atoms with Gasteiger partial charge in [-0.25, -0.2) is 9.97 Å². The van der Waals surface area contributed by atoms with Crippen LogP contribution in [0.5, 0.6) is 0 Å². The molecular weight excluding hydrogens is 305 g/mol. The van der Waals surface area contributed by atoms with E-state index in [1.54, 1.807) is 0 Å². The third kappa shape index (κ3) is 3.37. The Kier molecular flexibility index (Phi) is 4.43. The number of halogens is 2. The zero-order valence-corrected chi connectivity index (χ0v) is 13.2. The molecule has 0 saturated carbocycles. The molecule has 3 nitrogen and oxygen atoms in total. The predicted octanol–water partition coefficient (Wildman–Crippen LogP) is 3.44. The van der Waals surface area contributed by atoms with E-state index in [0.717, 1.165) is 37.2 Å². The fraction of sp³-hybridized carbons (Fsp3) is 0.375. The van der Waals surface area contributed by atoms with Gasteiger partial charge in [0.2, 0.25) is 0 Å². The molecule has 2 N–H and O–H groups in total. The maximum atomic E-state index is 6.04. The SMILES string of the molecule is NCC1CCc2nc(Cc3ccc(Cl)c(Cl)c3)ncc2C1. The van der Waals surface area contributed by atoms with Crippen LogP contribution in [0.15, 0.2) is 24.4 Å². The van der Waals surface area contributed by atoms with Gasteiger partial charge in [0.05, 0.1) is 10.0 Å². The first-order valence-electron chi connectivity index (χ1n) is 7.13. The highest BCUT2D eigenvalue weighted by molar-refractivity contribution is 6.42. The molecule has 0 fully saturated rings. The molecule has 21 heavy (non-hydrogen) atoms. The van der Waals surface area contributed by atoms with Crippen LogP contribution in [0.4, 0.5) is 0 Å². The Bertz CT molecular complexity index is 658. The van der Waals surface area contributed by atoms with Crippen molar-refractivity contribution in [3.63, 3.8) is 0 Å². The predicted molar refractivity (Wildman–Crippen MR) is 85.9 cm³/mol.